The van der Waals surface area contributed by atoms with Crippen molar-refractivity contribution in [2.24, 2.45) is 5.73 Å². The second kappa shape index (κ2) is 5.43. The smallest absolute Gasteiger partial charge is 0.136 e. The molecule has 1 aliphatic heterocycles. The van der Waals surface area contributed by atoms with Crippen LogP contribution in [0.15, 0.2) is 6.07 Å². The molecule has 2 aliphatic rings. The van der Waals surface area contributed by atoms with E-state index in [1.54, 1.807) is 0 Å². The van der Waals surface area contributed by atoms with E-state index < -0.39 is 0 Å². The maximum absolute atomic E-state index is 5.83. The van der Waals surface area contributed by atoms with Crippen molar-refractivity contribution in [1.29, 1.82) is 0 Å². The summed E-state index contributed by atoms with van der Waals surface area (Å²) in [5, 5.41) is 3.46. The van der Waals surface area contributed by atoms with Crippen LogP contribution >= 0.6 is 12.2 Å². The van der Waals surface area contributed by atoms with Gasteiger partial charge in [-0.3, -0.25) is 0 Å². The molecule has 0 aromatic carbocycles. The van der Waals surface area contributed by atoms with Crippen LogP contribution in [0.2, 0.25) is 0 Å². The van der Waals surface area contributed by atoms with Gasteiger partial charge in [0.1, 0.15) is 10.8 Å². The first-order valence-corrected chi connectivity index (χ1v) is 7.32. The molecule has 1 aromatic heterocycles. The van der Waals surface area contributed by atoms with Gasteiger partial charge in [0, 0.05) is 12.3 Å². The molecule has 0 amide bonds. The van der Waals surface area contributed by atoms with E-state index >= 15 is 0 Å². The van der Waals surface area contributed by atoms with Gasteiger partial charge in [0.2, 0.25) is 0 Å². The van der Waals surface area contributed by atoms with Crippen molar-refractivity contribution in [2.75, 3.05) is 18.5 Å². The van der Waals surface area contributed by atoms with Crippen LogP contribution < -0.4 is 11.1 Å². The minimum atomic E-state index is 0.314. The van der Waals surface area contributed by atoms with Crippen LogP contribution in [0, 0.1) is 0 Å². The molecule has 3 rings (SSSR count). The Morgan fingerprint density at radius 1 is 1.42 bits per heavy atom. The van der Waals surface area contributed by atoms with E-state index in [1.165, 1.54) is 17.7 Å². The monoisotopic (exact) mass is 277 g/mol. The fourth-order valence-electron chi connectivity index (χ4n) is 2.82. The second-order valence-electron chi connectivity index (χ2n) is 5.27. The minimum absolute atomic E-state index is 0.314. The lowest BCUT2D eigenvalue weighted by Crippen LogP contribution is -2.31. The molecule has 0 radical (unpaired) electrons. The SMILES string of the molecule is NC(=S)c1cc2c(nc1NC1CCCOC1)CCC2. The zero-order chi connectivity index (χ0) is 13.2. The Kier molecular flexibility index (Phi) is 3.66. The number of nitrogens with two attached hydrogens (primary N) is 1. The molecule has 0 bridgehead atoms. The topological polar surface area (TPSA) is 60.2 Å². The number of thiocarbonyl (C=S) groups is 1. The summed E-state index contributed by atoms with van der Waals surface area (Å²) in [6, 6.07) is 2.43. The molecule has 2 heterocycles. The molecular weight excluding hydrogens is 258 g/mol. The van der Waals surface area contributed by atoms with Crippen molar-refractivity contribution in [2.45, 2.75) is 38.1 Å². The fourth-order valence-corrected chi connectivity index (χ4v) is 2.97. The van der Waals surface area contributed by atoms with Gasteiger partial charge in [-0.1, -0.05) is 12.2 Å². The molecule has 0 spiro atoms. The molecule has 102 valence electrons. The van der Waals surface area contributed by atoms with Crippen LogP contribution in [0.25, 0.3) is 0 Å². The first-order chi connectivity index (χ1) is 9.24. The van der Waals surface area contributed by atoms with Crippen molar-refractivity contribution in [3.63, 3.8) is 0 Å². The Morgan fingerprint density at radius 2 is 2.32 bits per heavy atom. The van der Waals surface area contributed by atoms with E-state index in [-0.39, 0.29) is 0 Å². The molecule has 19 heavy (non-hydrogen) atoms. The van der Waals surface area contributed by atoms with Crippen LogP contribution in [0.3, 0.4) is 0 Å². The number of rotatable bonds is 3. The molecule has 1 atom stereocenters. The van der Waals surface area contributed by atoms with Crippen molar-refractivity contribution in [3.8, 4) is 0 Å². The Morgan fingerprint density at radius 3 is 3.05 bits per heavy atom. The van der Waals surface area contributed by atoms with E-state index in [2.05, 4.69) is 11.4 Å². The Bertz CT molecular complexity index is 498. The number of ether oxygens (including phenoxy) is 1. The predicted octanol–water partition coefficient (Wildman–Crippen LogP) is 1.80. The molecule has 1 unspecified atom stereocenters. The summed E-state index contributed by atoms with van der Waals surface area (Å²) in [5.74, 6) is 0.837. The number of nitrogens with one attached hydrogen (secondary N) is 1. The molecule has 4 nitrogen and oxygen atoms in total. The summed E-state index contributed by atoms with van der Waals surface area (Å²) in [5.41, 5.74) is 9.20. The van der Waals surface area contributed by atoms with E-state index in [4.69, 9.17) is 27.7 Å². The van der Waals surface area contributed by atoms with Crippen LogP contribution in [-0.2, 0) is 17.6 Å². The van der Waals surface area contributed by atoms with Crippen molar-refractivity contribution < 1.29 is 4.74 Å². The number of hydrogen-bond donors (Lipinski definition) is 2. The average Bonchev–Trinajstić information content (AvgIpc) is 2.86. The Balaban J connectivity index is 1.87. The van der Waals surface area contributed by atoms with E-state index in [0.29, 0.717) is 11.0 Å². The standard InChI is InChI=1S/C14H19N3OS/c15-13(19)11-7-9-3-1-5-12(9)17-14(11)16-10-4-2-6-18-8-10/h7,10H,1-6,8H2,(H2,15,19)(H,16,17). The van der Waals surface area contributed by atoms with Gasteiger partial charge in [-0.15, -0.1) is 0 Å². The molecule has 3 N–H and O–H groups in total. The van der Waals surface area contributed by atoms with Gasteiger partial charge in [-0.2, -0.15) is 0 Å². The molecule has 1 fully saturated rings. The highest BCUT2D eigenvalue weighted by Gasteiger charge is 2.20. The van der Waals surface area contributed by atoms with E-state index in [9.17, 15) is 0 Å². The lowest BCUT2D eigenvalue weighted by atomic mass is 10.1. The van der Waals surface area contributed by atoms with Crippen molar-refractivity contribution in [1.82, 2.24) is 4.98 Å². The molecule has 1 saturated heterocycles. The third-order valence-corrected chi connectivity index (χ3v) is 4.04. The highest BCUT2D eigenvalue weighted by molar-refractivity contribution is 7.80. The van der Waals surface area contributed by atoms with Gasteiger partial charge in [0.05, 0.1) is 18.2 Å². The number of nitrogens with zero attached hydrogens (tertiary/aromatic N) is 1. The second-order valence-corrected chi connectivity index (χ2v) is 5.71. The molecular formula is C14H19N3OS. The molecule has 1 aromatic rings. The van der Waals surface area contributed by atoms with E-state index in [0.717, 1.165) is 50.3 Å². The lowest BCUT2D eigenvalue weighted by Gasteiger charge is -2.25. The van der Waals surface area contributed by atoms with Gasteiger partial charge >= 0.3 is 0 Å². The average molecular weight is 277 g/mol. The predicted molar refractivity (Wildman–Crippen MR) is 79.6 cm³/mol. The van der Waals surface area contributed by atoms with Gasteiger partial charge in [0.25, 0.3) is 0 Å². The number of anilines is 1. The molecule has 5 heteroatoms. The lowest BCUT2D eigenvalue weighted by molar-refractivity contribution is 0.0875. The summed E-state index contributed by atoms with van der Waals surface area (Å²) < 4.78 is 5.49. The minimum Gasteiger partial charge on any atom is -0.389 e. The van der Waals surface area contributed by atoms with E-state index in [1.807, 2.05) is 0 Å². The fraction of sp³-hybridized carbons (Fsp3) is 0.571. The quantitative estimate of drug-likeness (QED) is 0.825. The highest BCUT2D eigenvalue weighted by atomic mass is 32.1. The number of pyridine rings is 1. The highest BCUT2D eigenvalue weighted by Crippen LogP contribution is 2.26. The normalized spacial score (nSPS) is 22.0. The maximum Gasteiger partial charge on any atom is 0.136 e. The number of hydrogen-bond acceptors (Lipinski definition) is 4. The maximum atomic E-state index is 5.83. The Hall–Kier alpha value is -1.20. The summed E-state index contributed by atoms with van der Waals surface area (Å²) in [7, 11) is 0. The van der Waals surface area contributed by atoms with Crippen LogP contribution in [0.5, 0.6) is 0 Å². The van der Waals surface area contributed by atoms with Crippen LogP contribution in [0.4, 0.5) is 5.82 Å². The summed E-state index contributed by atoms with van der Waals surface area (Å²) in [4.78, 5) is 5.15. The zero-order valence-electron chi connectivity index (χ0n) is 10.9. The van der Waals surface area contributed by atoms with Gasteiger partial charge in [0.15, 0.2) is 0 Å². The van der Waals surface area contributed by atoms with Gasteiger partial charge in [-0.05, 0) is 43.7 Å². The van der Waals surface area contributed by atoms with Gasteiger partial charge < -0.3 is 15.8 Å². The third-order valence-electron chi connectivity index (χ3n) is 3.82. The Labute approximate surface area is 118 Å². The first kappa shape index (κ1) is 12.8. The summed E-state index contributed by atoms with van der Waals surface area (Å²) >= 11 is 5.15. The van der Waals surface area contributed by atoms with Crippen LogP contribution in [-0.4, -0.2) is 29.2 Å². The van der Waals surface area contributed by atoms with Crippen molar-refractivity contribution in [3.05, 3.63) is 22.9 Å². The van der Waals surface area contributed by atoms with Crippen molar-refractivity contribution >= 4 is 23.0 Å². The summed E-state index contributed by atoms with van der Waals surface area (Å²) in [6.45, 7) is 1.59. The number of aryl methyl sites for hydroxylation is 2. The van der Waals surface area contributed by atoms with Crippen LogP contribution in [0.1, 0.15) is 36.1 Å². The largest absolute Gasteiger partial charge is 0.389 e. The number of aromatic nitrogens is 1. The third kappa shape index (κ3) is 2.72. The van der Waals surface area contributed by atoms with Gasteiger partial charge in [-0.25, -0.2) is 4.98 Å². The molecule has 1 aliphatic carbocycles. The summed E-state index contributed by atoms with van der Waals surface area (Å²) in [6.07, 6.45) is 5.52. The number of fused-ring (bicyclic) bond motifs is 1. The zero-order valence-corrected chi connectivity index (χ0v) is 11.8. The first-order valence-electron chi connectivity index (χ1n) is 6.91. The molecule has 0 saturated carbocycles.